The molecule has 26 heavy (non-hydrogen) atoms. The molecule has 1 aliphatic rings. The Kier molecular flexibility index (Phi) is 14.9. The lowest BCUT2D eigenvalue weighted by Crippen LogP contribution is -2.40. The minimum absolute atomic E-state index is 0.157. The number of allylic oxidation sites excluding steroid dienone is 1. The van der Waals surface area contributed by atoms with Crippen molar-refractivity contribution >= 4 is 0 Å². The van der Waals surface area contributed by atoms with Gasteiger partial charge >= 0.3 is 0 Å². The van der Waals surface area contributed by atoms with Crippen molar-refractivity contribution in [1.29, 1.82) is 0 Å². The molecule has 1 aliphatic heterocycles. The van der Waals surface area contributed by atoms with Crippen LogP contribution in [-0.2, 0) is 0 Å². The SMILES string of the molecule is C=CC(O)N1CCNC1C=CCCCCCCCCCCCCCCC. The Hall–Kier alpha value is -0.640. The lowest BCUT2D eigenvalue weighted by Gasteiger charge is -2.24. The highest BCUT2D eigenvalue weighted by atomic mass is 16.3. The third-order valence-corrected chi connectivity index (χ3v) is 5.42. The predicted molar refractivity (Wildman–Crippen MR) is 114 cm³/mol. The second-order valence-corrected chi connectivity index (χ2v) is 7.75. The molecule has 0 amide bonds. The first-order valence-electron chi connectivity index (χ1n) is 11.3. The van der Waals surface area contributed by atoms with E-state index in [-0.39, 0.29) is 6.17 Å². The fourth-order valence-electron chi connectivity index (χ4n) is 3.71. The topological polar surface area (TPSA) is 35.5 Å². The van der Waals surface area contributed by atoms with Crippen molar-refractivity contribution in [3.8, 4) is 0 Å². The minimum Gasteiger partial charge on any atom is -0.375 e. The van der Waals surface area contributed by atoms with Gasteiger partial charge in [0.05, 0.1) is 6.17 Å². The molecular weight excluding hydrogens is 320 g/mol. The van der Waals surface area contributed by atoms with Crippen LogP contribution in [0.3, 0.4) is 0 Å². The molecule has 0 bridgehead atoms. The number of rotatable bonds is 17. The number of nitrogens with zero attached hydrogens (tertiary/aromatic N) is 1. The van der Waals surface area contributed by atoms with Crippen molar-refractivity contribution < 1.29 is 5.11 Å². The molecule has 1 saturated heterocycles. The molecule has 0 aromatic heterocycles. The Morgan fingerprint density at radius 1 is 0.962 bits per heavy atom. The highest BCUT2D eigenvalue weighted by Crippen LogP contribution is 2.14. The van der Waals surface area contributed by atoms with E-state index in [0.717, 1.165) is 19.5 Å². The first-order chi connectivity index (χ1) is 12.8. The Morgan fingerprint density at radius 3 is 2.04 bits per heavy atom. The molecule has 0 aliphatic carbocycles. The van der Waals surface area contributed by atoms with E-state index in [2.05, 4.69) is 31.0 Å². The van der Waals surface area contributed by atoms with Gasteiger partial charge in [0.1, 0.15) is 6.23 Å². The molecule has 1 rings (SSSR count). The van der Waals surface area contributed by atoms with Gasteiger partial charge in [-0.05, 0) is 18.9 Å². The van der Waals surface area contributed by atoms with E-state index in [0.29, 0.717) is 0 Å². The third-order valence-electron chi connectivity index (χ3n) is 5.42. The van der Waals surface area contributed by atoms with E-state index < -0.39 is 6.23 Å². The molecular formula is C23H44N2O. The van der Waals surface area contributed by atoms with E-state index in [1.807, 2.05) is 4.90 Å². The summed E-state index contributed by atoms with van der Waals surface area (Å²) in [5.41, 5.74) is 0. The van der Waals surface area contributed by atoms with Gasteiger partial charge in [0.25, 0.3) is 0 Å². The van der Waals surface area contributed by atoms with Crippen molar-refractivity contribution in [3.05, 3.63) is 24.8 Å². The van der Waals surface area contributed by atoms with Gasteiger partial charge in [-0.2, -0.15) is 0 Å². The molecule has 0 radical (unpaired) electrons. The summed E-state index contributed by atoms with van der Waals surface area (Å²) in [6, 6.07) is 0. The van der Waals surface area contributed by atoms with Crippen LogP contribution in [-0.4, -0.2) is 35.5 Å². The average molecular weight is 365 g/mol. The molecule has 1 fully saturated rings. The number of hydrogen-bond acceptors (Lipinski definition) is 3. The van der Waals surface area contributed by atoms with Crippen molar-refractivity contribution in [2.24, 2.45) is 0 Å². The van der Waals surface area contributed by atoms with E-state index in [1.54, 1.807) is 6.08 Å². The molecule has 0 spiro atoms. The molecule has 0 aromatic carbocycles. The first-order valence-corrected chi connectivity index (χ1v) is 11.3. The van der Waals surface area contributed by atoms with Crippen molar-refractivity contribution in [1.82, 2.24) is 10.2 Å². The van der Waals surface area contributed by atoms with Crippen LogP contribution in [0.25, 0.3) is 0 Å². The summed E-state index contributed by atoms with van der Waals surface area (Å²) in [4.78, 5) is 2.04. The molecule has 0 saturated carbocycles. The normalized spacial score (nSPS) is 19.4. The van der Waals surface area contributed by atoms with Crippen molar-refractivity contribution in [2.75, 3.05) is 13.1 Å². The maximum Gasteiger partial charge on any atom is 0.127 e. The summed E-state index contributed by atoms with van der Waals surface area (Å²) in [6.45, 7) is 7.76. The number of hydrogen-bond donors (Lipinski definition) is 2. The Balaban J connectivity index is 1.87. The fraction of sp³-hybridized carbons (Fsp3) is 0.826. The van der Waals surface area contributed by atoms with Gasteiger partial charge in [-0.25, -0.2) is 0 Å². The summed E-state index contributed by atoms with van der Waals surface area (Å²) in [7, 11) is 0. The Labute approximate surface area is 162 Å². The van der Waals surface area contributed by atoms with Gasteiger partial charge < -0.3 is 5.11 Å². The zero-order valence-electron chi connectivity index (χ0n) is 17.3. The molecule has 3 nitrogen and oxygen atoms in total. The number of aliphatic hydroxyl groups is 1. The Bertz CT molecular complexity index is 356. The summed E-state index contributed by atoms with van der Waals surface area (Å²) in [5.74, 6) is 0. The van der Waals surface area contributed by atoms with Gasteiger partial charge in [0.15, 0.2) is 0 Å². The number of aliphatic hydroxyl groups excluding tert-OH is 1. The van der Waals surface area contributed by atoms with Crippen LogP contribution in [0.15, 0.2) is 24.8 Å². The number of nitrogens with one attached hydrogen (secondary N) is 1. The molecule has 0 aromatic rings. The maximum absolute atomic E-state index is 9.89. The smallest absolute Gasteiger partial charge is 0.127 e. The molecule has 2 unspecified atom stereocenters. The third kappa shape index (κ3) is 11.2. The van der Waals surface area contributed by atoms with E-state index in [4.69, 9.17) is 0 Å². The van der Waals surface area contributed by atoms with Gasteiger partial charge in [-0.1, -0.05) is 103 Å². The van der Waals surface area contributed by atoms with Gasteiger partial charge in [-0.15, -0.1) is 0 Å². The lowest BCUT2D eigenvalue weighted by molar-refractivity contribution is 0.0420. The standard InChI is InChI=1S/C23H44N2O/c1-3-5-6-7-8-9-10-11-12-13-14-15-16-17-18-19-22-24-20-21-25(22)23(26)4-2/h4,18-19,22-24,26H,2-3,5-17,20-21H2,1H3. The van der Waals surface area contributed by atoms with Crippen LogP contribution in [0.1, 0.15) is 96.8 Å². The average Bonchev–Trinajstić information content (AvgIpc) is 3.12. The molecule has 2 N–H and O–H groups in total. The zero-order valence-corrected chi connectivity index (χ0v) is 17.3. The van der Waals surface area contributed by atoms with Crippen LogP contribution in [0, 0.1) is 0 Å². The van der Waals surface area contributed by atoms with Crippen molar-refractivity contribution in [3.63, 3.8) is 0 Å². The second kappa shape index (κ2) is 16.5. The molecule has 152 valence electrons. The minimum atomic E-state index is -0.545. The van der Waals surface area contributed by atoms with E-state index in [1.165, 1.54) is 83.5 Å². The lowest BCUT2D eigenvalue weighted by atomic mass is 10.0. The van der Waals surface area contributed by atoms with Crippen LogP contribution in [0.2, 0.25) is 0 Å². The fourth-order valence-corrected chi connectivity index (χ4v) is 3.71. The van der Waals surface area contributed by atoms with Crippen LogP contribution < -0.4 is 5.32 Å². The number of unbranched alkanes of at least 4 members (excludes halogenated alkanes) is 13. The molecule has 1 heterocycles. The van der Waals surface area contributed by atoms with Crippen LogP contribution in [0.4, 0.5) is 0 Å². The van der Waals surface area contributed by atoms with E-state index >= 15 is 0 Å². The van der Waals surface area contributed by atoms with Crippen molar-refractivity contribution in [2.45, 2.75) is 109 Å². The maximum atomic E-state index is 9.89. The highest BCUT2D eigenvalue weighted by Gasteiger charge is 2.25. The summed E-state index contributed by atoms with van der Waals surface area (Å²) < 4.78 is 0. The Morgan fingerprint density at radius 2 is 1.50 bits per heavy atom. The van der Waals surface area contributed by atoms with Gasteiger partial charge in [0.2, 0.25) is 0 Å². The summed E-state index contributed by atoms with van der Waals surface area (Å²) in [5, 5.41) is 13.3. The predicted octanol–water partition coefficient (Wildman–Crippen LogP) is 5.76. The summed E-state index contributed by atoms with van der Waals surface area (Å²) >= 11 is 0. The first kappa shape index (κ1) is 23.4. The van der Waals surface area contributed by atoms with Crippen LogP contribution >= 0.6 is 0 Å². The second-order valence-electron chi connectivity index (χ2n) is 7.75. The zero-order chi connectivity index (χ0) is 18.9. The highest BCUT2D eigenvalue weighted by molar-refractivity contribution is 4.99. The quantitative estimate of drug-likeness (QED) is 0.254. The largest absolute Gasteiger partial charge is 0.375 e. The molecule has 3 heteroatoms. The van der Waals surface area contributed by atoms with Gasteiger partial charge in [0, 0.05) is 13.1 Å². The van der Waals surface area contributed by atoms with Gasteiger partial charge in [-0.3, -0.25) is 10.2 Å². The van der Waals surface area contributed by atoms with Crippen LogP contribution in [0.5, 0.6) is 0 Å². The van der Waals surface area contributed by atoms with E-state index in [9.17, 15) is 5.11 Å². The monoisotopic (exact) mass is 364 g/mol. The summed E-state index contributed by atoms with van der Waals surface area (Å²) in [6.07, 6.45) is 25.1. The molecule has 2 atom stereocenters.